The van der Waals surface area contributed by atoms with Crippen molar-refractivity contribution >= 4 is 11.6 Å². The Morgan fingerprint density at radius 2 is 2.18 bits per heavy atom. The fourth-order valence-electron chi connectivity index (χ4n) is 2.44. The molecule has 0 amide bonds. The summed E-state index contributed by atoms with van der Waals surface area (Å²) in [6.07, 6.45) is -1.99. The number of alkyl halides is 1. The van der Waals surface area contributed by atoms with Crippen molar-refractivity contribution in [3.8, 4) is 0 Å². The minimum atomic E-state index is -1.03. The number of hydrogen-bond acceptors (Lipinski definition) is 6. The SMILES string of the molecule is Cc1cn([C@H]2C[C@H](O)[C@@H](CO)O2)c(=O)n(CC(O)CCl)c1=O. The highest BCUT2D eigenvalue weighted by Gasteiger charge is 2.35. The Bertz CT molecular complexity index is 642. The number of aromatic nitrogens is 2. The zero-order chi connectivity index (χ0) is 16.4. The number of aliphatic hydroxyl groups is 3. The molecule has 1 aliphatic rings. The largest absolute Gasteiger partial charge is 0.394 e. The summed E-state index contributed by atoms with van der Waals surface area (Å²) in [4.78, 5) is 24.5. The van der Waals surface area contributed by atoms with E-state index in [1.807, 2.05) is 0 Å². The fourth-order valence-corrected chi connectivity index (χ4v) is 2.53. The van der Waals surface area contributed by atoms with E-state index in [1.165, 1.54) is 17.7 Å². The maximum absolute atomic E-state index is 12.4. The van der Waals surface area contributed by atoms with Gasteiger partial charge in [-0.3, -0.25) is 13.9 Å². The second kappa shape index (κ2) is 6.93. The maximum atomic E-state index is 12.4. The summed E-state index contributed by atoms with van der Waals surface area (Å²) in [6.45, 7) is 0.953. The molecule has 4 atom stereocenters. The van der Waals surface area contributed by atoms with Gasteiger partial charge >= 0.3 is 5.69 Å². The van der Waals surface area contributed by atoms with Crippen LogP contribution in [0.25, 0.3) is 0 Å². The van der Waals surface area contributed by atoms with Crippen molar-refractivity contribution < 1.29 is 20.1 Å². The van der Waals surface area contributed by atoms with Gasteiger partial charge in [0.15, 0.2) is 0 Å². The van der Waals surface area contributed by atoms with E-state index >= 15 is 0 Å². The van der Waals surface area contributed by atoms with Crippen LogP contribution >= 0.6 is 11.6 Å². The molecule has 0 radical (unpaired) electrons. The lowest BCUT2D eigenvalue weighted by Gasteiger charge is -2.18. The summed E-state index contributed by atoms with van der Waals surface area (Å²) < 4.78 is 7.51. The van der Waals surface area contributed by atoms with Crippen molar-refractivity contribution in [2.75, 3.05) is 12.5 Å². The number of rotatable bonds is 5. The minimum absolute atomic E-state index is 0.106. The highest BCUT2D eigenvalue weighted by molar-refractivity contribution is 6.18. The molecule has 1 fully saturated rings. The smallest absolute Gasteiger partial charge is 0.333 e. The van der Waals surface area contributed by atoms with E-state index < -0.39 is 35.8 Å². The highest BCUT2D eigenvalue weighted by atomic mass is 35.5. The first-order valence-corrected chi connectivity index (χ1v) is 7.43. The van der Waals surface area contributed by atoms with Crippen LogP contribution in [0.2, 0.25) is 0 Å². The van der Waals surface area contributed by atoms with Crippen molar-refractivity contribution in [1.82, 2.24) is 9.13 Å². The lowest BCUT2D eigenvalue weighted by molar-refractivity contribution is -0.0465. The maximum Gasteiger partial charge on any atom is 0.333 e. The molecule has 0 saturated carbocycles. The standard InChI is InChI=1S/C13H19ClN2O6/c1-7-4-15(11-2-9(19)10(6-17)22-11)13(21)16(12(7)20)5-8(18)3-14/h4,8-11,17-19H,2-3,5-6H2,1H3/t8?,9-,10+,11+/m0/s1. The predicted octanol–water partition coefficient (Wildman–Crippen LogP) is -1.44. The number of aliphatic hydroxyl groups excluding tert-OH is 3. The first kappa shape index (κ1) is 17.2. The molecule has 1 aliphatic heterocycles. The zero-order valence-corrected chi connectivity index (χ0v) is 12.8. The molecule has 3 N–H and O–H groups in total. The number of nitrogens with zero attached hydrogens (tertiary/aromatic N) is 2. The van der Waals surface area contributed by atoms with Gasteiger partial charge in [-0.1, -0.05) is 0 Å². The normalized spacial score (nSPS) is 26.3. The summed E-state index contributed by atoms with van der Waals surface area (Å²) >= 11 is 5.51. The summed E-state index contributed by atoms with van der Waals surface area (Å²) in [5, 5.41) is 28.4. The van der Waals surface area contributed by atoms with Crippen LogP contribution in [-0.2, 0) is 11.3 Å². The zero-order valence-electron chi connectivity index (χ0n) is 12.1. The molecule has 2 rings (SSSR count). The average molecular weight is 335 g/mol. The van der Waals surface area contributed by atoms with Crippen molar-refractivity contribution in [3.63, 3.8) is 0 Å². The second-order valence-electron chi connectivity index (χ2n) is 5.34. The van der Waals surface area contributed by atoms with Gasteiger partial charge in [0.05, 0.1) is 31.2 Å². The average Bonchev–Trinajstić information content (AvgIpc) is 2.87. The van der Waals surface area contributed by atoms with Gasteiger partial charge in [0.25, 0.3) is 5.56 Å². The third kappa shape index (κ3) is 3.26. The molecule has 1 saturated heterocycles. The van der Waals surface area contributed by atoms with Crippen LogP contribution in [0.3, 0.4) is 0 Å². The monoisotopic (exact) mass is 334 g/mol. The van der Waals surface area contributed by atoms with Crippen LogP contribution in [0.4, 0.5) is 0 Å². The Kier molecular flexibility index (Phi) is 5.41. The van der Waals surface area contributed by atoms with Crippen LogP contribution in [0, 0.1) is 6.92 Å². The Morgan fingerprint density at radius 1 is 1.50 bits per heavy atom. The van der Waals surface area contributed by atoms with E-state index in [0.29, 0.717) is 5.56 Å². The van der Waals surface area contributed by atoms with Gasteiger partial charge in [0.1, 0.15) is 12.3 Å². The van der Waals surface area contributed by atoms with Gasteiger partial charge in [0, 0.05) is 18.2 Å². The summed E-state index contributed by atoms with van der Waals surface area (Å²) in [6, 6.07) is 0. The van der Waals surface area contributed by atoms with Crippen LogP contribution in [0.1, 0.15) is 18.2 Å². The van der Waals surface area contributed by atoms with E-state index in [9.17, 15) is 19.8 Å². The first-order valence-electron chi connectivity index (χ1n) is 6.90. The van der Waals surface area contributed by atoms with Gasteiger partial charge in [-0.25, -0.2) is 4.79 Å². The Morgan fingerprint density at radius 3 is 2.73 bits per heavy atom. The summed E-state index contributed by atoms with van der Waals surface area (Å²) in [5.41, 5.74) is -0.870. The van der Waals surface area contributed by atoms with E-state index in [2.05, 4.69) is 0 Å². The fraction of sp³-hybridized carbons (Fsp3) is 0.692. The molecule has 2 heterocycles. The van der Waals surface area contributed by atoms with Gasteiger partial charge < -0.3 is 20.1 Å². The molecule has 0 spiro atoms. The molecule has 1 unspecified atom stereocenters. The van der Waals surface area contributed by atoms with E-state index in [-0.39, 0.29) is 25.5 Å². The quantitative estimate of drug-likeness (QED) is 0.568. The molecule has 0 aliphatic carbocycles. The van der Waals surface area contributed by atoms with Gasteiger partial charge in [-0.15, -0.1) is 11.6 Å². The van der Waals surface area contributed by atoms with Crippen LogP contribution in [0.15, 0.2) is 15.8 Å². The highest BCUT2D eigenvalue weighted by Crippen LogP contribution is 2.27. The van der Waals surface area contributed by atoms with Gasteiger partial charge in [-0.05, 0) is 6.92 Å². The van der Waals surface area contributed by atoms with Crippen LogP contribution < -0.4 is 11.2 Å². The van der Waals surface area contributed by atoms with Crippen molar-refractivity contribution in [1.29, 1.82) is 0 Å². The third-order valence-electron chi connectivity index (χ3n) is 3.63. The topological polar surface area (TPSA) is 114 Å². The lowest BCUT2D eigenvalue weighted by Crippen LogP contribution is -2.44. The van der Waals surface area contributed by atoms with Crippen LogP contribution in [-0.4, -0.2) is 55.3 Å². The number of aryl methyl sites for hydroxylation is 1. The molecule has 8 nitrogen and oxygen atoms in total. The van der Waals surface area contributed by atoms with E-state index in [0.717, 1.165) is 4.57 Å². The summed E-state index contributed by atoms with van der Waals surface area (Å²) in [7, 11) is 0. The lowest BCUT2D eigenvalue weighted by atomic mass is 10.2. The first-order chi connectivity index (χ1) is 10.4. The molecular formula is C13H19ClN2O6. The minimum Gasteiger partial charge on any atom is -0.394 e. The number of halogens is 1. The Balaban J connectivity index is 2.42. The number of hydrogen-bond donors (Lipinski definition) is 3. The Hall–Kier alpha value is -1.19. The van der Waals surface area contributed by atoms with E-state index in [1.54, 1.807) is 0 Å². The molecule has 0 aromatic carbocycles. The van der Waals surface area contributed by atoms with Gasteiger partial charge in [-0.2, -0.15) is 0 Å². The van der Waals surface area contributed by atoms with E-state index in [4.69, 9.17) is 21.4 Å². The summed E-state index contributed by atoms with van der Waals surface area (Å²) in [5.74, 6) is -0.106. The van der Waals surface area contributed by atoms with Crippen molar-refractivity contribution in [2.24, 2.45) is 0 Å². The number of ether oxygens (including phenoxy) is 1. The molecule has 22 heavy (non-hydrogen) atoms. The molecule has 0 bridgehead atoms. The molecule has 9 heteroatoms. The molecule has 1 aromatic rings. The van der Waals surface area contributed by atoms with Crippen LogP contribution in [0.5, 0.6) is 0 Å². The molecule has 1 aromatic heterocycles. The van der Waals surface area contributed by atoms with Gasteiger partial charge in [0.2, 0.25) is 0 Å². The molecule has 124 valence electrons. The predicted molar refractivity (Wildman–Crippen MR) is 78.0 cm³/mol. The third-order valence-corrected chi connectivity index (χ3v) is 3.99. The second-order valence-corrected chi connectivity index (χ2v) is 5.65. The van der Waals surface area contributed by atoms with Crippen molar-refractivity contribution in [2.45, 2.75) is 44.4 Å². The Labute approximate surface area is 131 Å². The molecular weight excluding hydrogens is 316 g/mol. The van der Waals surface area contributed by atoms with Crippen molar-refractivity contribution in [3.05, 3.63) is 32.6 Å².